The van der Waals surface area contributed by atoms with Crippen LogP contribution in [0.5, 0.6) is 5.75 Å². The van der Waals surface area contributed by atoms with Gasteiger partial charge in [0.2, 0.25) is 0 Å². The number of piperazine rings is 1. The molecule has 248 valence electrons. The molecule has 1 N–H and O–H groups in total. The molecule has 46 heavy (non-hydrogen) atoms. The third-order valence-corrected chi connectivity index (χ3v) is 9.82. The van der Waals surface area contributed by atoms with E-state index in [1.54, 1.807) is 22.0 Å². The van der Waals surface area contributed by atoms with Crippen molar-refractivity contribution in [1.82, 2.24) is 14.8 Å². The minimum Gasteiger partial charge on any atom is -0.494 e. The summed E-state index contributed by atoms with van der Waals surface area (Å²) in [6.07, 6.45) is 9.44. The van der Waals surface area contributed by atoms with Gasteiger partial charge in [0.1, 0.15) is 18.5 Å². The molecule has 0 spiro atoms. The Morgan fingerprint density at radius 1 is 0.935 bits per heavy atom. The molecule has 1 amide bonds. The first-order valence-corrected chi connectivity index (χ1v) is 18.0. The van der Waals surface area contributed by atoms with Gasteiger partial charge in [-0.25, -0.2) is 4.79 Å². The van der Waals surface area contributed by atoms with E-state index in [2.05, 4.69) is 51.7 Å². The van der Waals surface area contributed by atoms with Crippen molar-refractivity contribution in [2.24, 2.45) is 0 Å². The molecule has 2 aromatic carbocycles. The van der Waals surface area contributed by atoms with Crippen molar-refractivity contribution in [2.75, 3.05) is 44.2 Å². The first-order chi connectivity index (χ1) is 22.5. The van der Waals surface area contributed by atoms with E-state index in [9.17, 15) is 9.59 Å². The number of thiophene rings is 1. The lowest BCUT2D eigenvalue weighted by atomic mass is 10.1. The molecule has 0 aliphatic carbocycles. The number of ether oxygens (including phenoxy) is 2. The van der Waals surface area contributed by atoms with Gasteiger partial charge in [0.25, 0.3) is 5.56 Å². The van der Waals surface area contributed by atoms with Crippen LogP contribution in [0.3, 0.4) is 0 Å². The van der Waals surface area contributed by atoms with Gasteiger partial charge in [0.15, 0.2) is 0 Å². The second kappa shape index (κ2) is 17.4. The van der Waals surface area contributed by atoms with Crippen LogP contribution in [0.15, 0.2) is 64.8 Å². The summed E-state index contributed by atoms with van der Waals surface area (Å²) in [7, 11) is 0. The number of carbonyl (C=O) groups is 1. The normalized spacial score (nSPS) is 14.5. The Kier molecular flexibility index (Phi) is 12.8. The smallest absolute Gasteiger partial charge is 0.408 e. The monoisotopic (exact) mass is 646 g/mol. The number of aromatic nitrogens is 1. The first-order valence-electron chi connectivity index (χ1n) is 17.2. The van der Waals surface area contributed by atoms with Crippen LogP contribution in [0.4, 0.5) is 10.5 Å². The van der Waals surface area contributed by atoms with Crippen LogP contribution in [0.25, 0.3) is 21.0 Å². The molecular weight excluding hydrogens is 596 g/mol. The summed E-state index contributed by atoms with van der Waals surface area (Å²) in [5.74, 6) is 0.721. The Morgan fingerprint density at radius 2 is 1.74 bits per heavy atom. The molecule has 1 aliphatic heterocycles. The summed E-state index contributed by atoms with van der Waals surface area (Å²) >= 11 is 1.81. The standard InChI is InChI=1S/C37H50N4O4S/c1-3-4-5-6-7-8-12-29(2)45-37(43)38-28-41-34-27-31(17-15-30(34)16-18-36(41)42)44-25-10-9-20-39-21-23-40(24-22-39)33-13-11-14-35-32(33)19-26-46-35/h11,13-19,26-27,29H,3-10,12,20-25,28H2,1-2H3,(H,38,43). The molecule has 9 heteroatoms. The van der Waals surface area contributed by atoms with Crippen LogP contribution < -0.4 is 20.5 Å². The maximum Gasteiger partial charge on any atom is 0.408 e. The molecule has 3 heterocycles. The number of hydrogen-bond acceptors (Lipinski definition) is 7. The maximum atomic E-state index is 12.7. The van der Waals surface area contributed by atoms with E-state index < -0.39 is 6.09 Å². The molecule has 1 saturated heterocycles. The van der Waals surface area contributed by atoms with Gasteiger partial charge >= 0.3 is 6.09 Å². The number of rotatable bonds is 17. The Hall–Kier alpha value is -3.56. The number of alkyl carbamates (subject to hydrolysis) is 1. The van der Waals surface area contributed by atoms with Gasteiger partial charge in [-0.15, -0.1) is 11.3 Å². The average Bonchev–Trinajstić information content (AvgIpc) is 3.55. The van der Waals surface area contributed by atoms with Gasteiger partial charge < -0.3 is 19.7 Å². The van der Waals surface area contributed by atoms with Gasteiger partial charge in [-0.1, -0.05) is 45.1 Å². The lowest BCUT2D eigenvalue weighted by molar-refractivity contribution is 0.0985. The lowest BCUT2D eigenvalue weighted by Crippen LogP contribution is -2.46. The molecule has 0 radical (unpaired) electrons. The van der Waals surface area contributed by atoms with Crippen molar-refractivity contribution in [2.45, 2.75) is 84.4 Å². The third-order valence-electron chi connectivity index (χ3n) is 8.94. The second-order valence-electron chi connectivity index (χ2n) is 12.4. The maximum absolute atomic E-state index is 12.7. The number of fused-ring (bicyclic) bond motifs is 2. The third kappa shape index (κ3) is 9.48. The molecule has 0 saturated carbocycles. The zero-order valence-corrected chi connectivity index (χ0v) is 28.4. The van der Waals surface area contributed by atoms with E-state index in [0.717, 1.165) is 81.5 Å². The summed E-state index contributed by atoms with van der Waals surface area (Å²) in [5.41, 5.74) is 1.90. The number of hydrogen-bond donors (Lipinski definition) is 1. The highest BCUT2D eigenvalue weighted by molar-refractivity contribution is 7.17. The predicted octanol–water partition coefficient (Wildman–Crippen LogP) is 8.02. The van der Waals surface area contributed by atoms with Gasteiger partial charge in [-0.05, 0) is 86.3 Å². The van der Waals surface area contributed by atoms with Crippen molar-refractivity contribution in [1.29, 1.82) is 0 Å². The fourth-order valence-corrected chi connectivity index (χ4v) is 7.06. The SMILES string of the molecule is CCCCCCCCC(C)OC(=O)NCn1c(=O)ccc2ccc(OCCCCN3CCN(c4cccc5sccc45)CC3)cc21. The minimum atomic E-state index is -0.504. The van der Waals surface area contributed by atoms with Gasteiger partial charge in [-0.2, -0.15) is 0 Å². The number of unbranched alkanes of at least 4 members (excludes halogenated alkanes) is 6. The van der Waals surface area contributed by atoms with E-state index in [4.69, 9.17) is 9.47 Å². The highest BCUT2D eigenvalue weighted by atomic mass is 32.1. The average molecular weight is 647 g/mol. The summed E-state index contributed by atoms with van der Waals surface area (Å²) in [4.78, 5) is 30.3. The molecule has 1 unspecified atom stereocenters. The van der Waals surface area contributed by atoms with E-state index >= 15 is 0 Å². The van der Waals surface area contributed by atoms with Crippen LogP contribution in [-0.4, -0.2) is 61.0 Å². The number of nitrogens with zero attached hydrogens (tertiary/aromatic N) is 3. The molecule has 1 atom stereocenters. The van der Waals surface area contributed by atoms with Crippen LogP contribution in [0.1, 0.15) is 71.6 Å². The second-order valence-corrected chi connectivity index (χ2v) is 13.4. The zero-order valence-electron chi connectivity index (χ0n) is 27.5. The minimum absolute atomic E-state index is 0.0396. The molecule has 5 rings (SSSR count). The number of pyridine rings is 1. The topological polar surface area (TPSA) is 76.0 Å². The Bertz CT molecular complexity index is 1590. The van der Waals surface area contributed by atoms with Crippen LogP contribution in [-0.2, 0) is 11.4 Å². The van der Waals surface area contributed by atoms with Gasteiger partial charge in [0.05, 0.1) is 12.1 Å². The molecule has 1 aliphatic rings. The molecule has 0 bridgehead atoms. The van der Waals surface area contributed by atoms with Crippen molar-refractivity contribution in [3.63, 3.8) is 0 Å². The number of amides is 1. The fourth-order valence-electron chi connectivity index (χ4n) is 6.25. The molecule has 1 fully saturated rings. The van der Waals surface area contributed by atoms with Gasteiger partial charge in [0, 0.05) is 54.1 Å². The van der Waals surface area contributed by atoms with E-state index in [-0.39, 0.29) is 18.3 Å². The Labute approximate surface area is 277 Å². The Balaban J connectivity index is 1.03. The highest BCUT2D eigenvalue weighted by Gasteiger charge is 2.18. The quantitative estimate of drug-likeness (QED) is 0.117. The van der Waals surface area contributed by atoms with Crippen molar-refractivity contribution >= 4 is 44.1 Å². The number of carbonyl (C=O) groups excluding carboxylic acids is 1. The van der Waals surface area contributed by atoms with Crippen molar-refractivity contribution < 1.29 is 14.3 Å². The summed E-state index contributed by atoms with van der Waals surface area (Å²) in [5, 5.41) is 7.22. The number of anilines is 1. The Morgan fingerprint density at radius 3 is 2.59 bits per heavy atom. The van der Waals surface area contributed by atoms with Crippen LogP contribution >= 0.6 is 11.3 Å². The van der Waals surface area contributed by atoms with Crippen LogP contribution in [0, 0.1) is 0 Å². The zero-order chi connectivity index (χ0) is 32.1. The van der Waals surface area contributed by atoms with Gasteiger partial charge in [-0.3, -0.25) is 14.3 Å². The summed E-state index contributed by atoms with van der Waals surface area (Å²) < 4.78 is 14.5. The molecular formula is C37H50N4O4S. The van der Waals surface area contributed by atoms with Crippen molar-refractivity contribution in [3.05, 3.63) is 70.3 Å². The fraction of sp³-hybridized carbons (Fsp3) is 0.514. The summed E-state index contributed by atoms with van der Waals surface area (Å²) in [6.45, 7) is 10.1. The predicted molar refractivity (Wildman–Crippen MR) is 190 cm³/mol. The highest BCUT2D eigenvalue weighted by Crippen LogP contribution is 2.31. The van der Waals surface area contributed by atoms with E-state index in [1.165, 1.54) is 47.5 Å². The van der Waals surface area contributed by atoms with E-state index in [1.807, 2.05) is 25.1 Å². The molecule has 4 aromatic rings. The molecule has 8 nitrogen and oxygen atoms in total. The van der Waals surface area contributed by atoms with E-state index in [0.29, 0.717) is 6.61 Å². The lowest BCUT2D eigenvalue weighted by Gasteiger charge is -2.36. The van der Waals surface area contributed by atoms with Crippen LogP contribution in [0.2, 0.25) is 0 Å². The first kappa shape index (κ1) is 33.8. The number of benzene rings is 2. The number of nitrogens with one attached hydrogen (secondary N) is 1. The summed E-state index contributed by atoms with van der Waals surface area (Å²) in [6, 6.07) is 18.0. The molecule has 2 aromatic heterocycles. The van der Waals surface area contributed by atoms with Crippen molar-refractivity contribution in [3.8, 4) is 5.75 Å². The largest absolute Gasteiger partial charge is 0.494 e.